The Balaban J connectivity index is 2.01. The summed E-state index contributed by atoms with van der Waals surface area (Å²) in [7, 11) is 0. The Labute approximate surface area is 92.1 Å². The number of anilines is 1. The van der Waals surface area contributed by atoms with Gasteiger partial charge in [-0.05, 0) is 12.1 Å². The number of nitrogens with one attached hydrogen (secondary N) is 1. The Hall–Kier alpha value is -1.62. The van der Waals surface area contributed by atoms with Gasteiger partial charge in [0.25, 0.3) is 6.01 Å². The smallest absolute Gasteiger partial charge is 0.298 e. The zero-order chi connectivity index (χ0) is 11.0. The molecule has 4 nitrogen and oxygen atoms in total. The maximum atomic E-state index is 13.4. The molecule has 2 heterocycles. The molecule has 0 atom stereocenters. The summed E-state index contributed by atoms with van der Waals surface area (Å²) >= 11 is 0. The minimum Gasteiger partial charge on any atom is -0.423 e. The molecule has 0 radical (unpaired) electrons. The first-order valence-electron chi connectivity index (χ1n) is 5.35. The molecule has 0 unspecified atom stereocenters. The van der Waals surface area contributed by atoms with Crippen LogP contribution >= 0.6 is 0 Å². The van der Waals surface area contributed by atoms with E-state index >= 15 is 0 Å². The topological polar surface area (TPSA) is 41.3 Å². The van der Waals surface area contributed by atoms with Gasteiger partial charge in [0.05, 0.1) is 0 Å². The van der Waals surface area contributed by atoms with Gasteiger partial charge >= 0.3 is 0 Å². The molecular weight excluding hydrogens is 209 g/mol. The van der Waals surface area contributed by atoms with Crippen molar-refractivity contribution in [3.63, 3.8) is 0 Å². The Morgan fingerprint density at radius 2 is 2.12 bits per heavy atom. The molecule has 16 heavy (non-hydrogen) atoms. The first kappa shape index (κ1) is 9.59. The van der Waals surface area contributed by atoms with Gasteiger partial charge in [0, 0.05) is 26.2 Å². The molecule has 5 heteroatoms. The number of fused-ring (bicyclic) bond motifs is 1. The first-order chi connectivity index (χ1) is 7.84. The second-order valence-electron chi connectivity index (χ2n) is 3.82. The van der Waals surface area contributed by atoms with Crippen LogP contribution in [0.3, 0.4) is 0 Å². The van der Waals surface area contributed by atoms with Crippen LogP contribution in [0.25, 0.3) is 11.1 Å². The maximum absolute atomic E-state index is 13.4. The van der Waals surface area contributed by atoms with Gasteiger partial charge in [-0.3, -0.25) is 0 Å². The lowest BCUT2D eigenvalue weighted by atomic mass is 10.3. The largest absolute Gasteiger partial charge is 0.423 e. The summed E-state index contributed by atoms with van der Waals surface area (Å²) in [5.41, 5.74) is 0.824. The molecule has 1 aliphatic rings. The highest BCUT2D eigenvalue weighted by molar-refractivity contribution is 5.75. The van der Waals surface area contributed by atoms with E-state index in [-0.39, 0.29) is 5.82 Å². The monoisotopic (exact) mass is 221 g/mol. The van der Waals surface area contributed by atoms with Crippen molar-refractivity contribution in [3.8, 4) is 0 Å². The average Bonchev–Trinajstić information content (AvgIpc) is 2.76. The van der Waals surface area contributed by atoms with Gasteiger partial charge in [-0.15, -0.1) is 0 Å². The summed E-state index contributed by atoms with van der Waals surface area (Å²) in [4.78, 5) is 6.22. The summed E-state index contributed by atoms with van der Waals surface area (Å²) in [6.45, 7) is 3.49. The number of piperazine rings is 1. The lowest BCUT2D eigenvalue weighted by Gasteiger charge is -2.25. The zero-order valence-corrected chi connectivity index (χ0v) is 8.74. The van der Waals surface area contributed by atoms with E-state index in [1.807, 2.05) is 4.90 Å². The van der Waals surface area contributed by atoms with E-state index in [1.54, 1.807) is 12.1 Å². The number of hydrogen-bond acceptors (Lipinski definition) is 4. The minimum absolute atomic E-state index is 0.316. The summed E-state index contributed by atoms with van der Waals surface area (Å²) in [5, 5.41) is 3.24. The molecule has 0 saturated carbocycles. The van der Waals surface area contributed by atoms with Crippen LogP contribution in [0.1, 0.15) is 0 Å². The van der Waals surface area contributed by atoms with Gasteiger partial charge in [-0.2, -0.15) is 4.98 Å². The van der Waals surface area contributed by atoms with Crippen LogP contribution in [0.2, 0.25) is 0 Å². The molecule has 0 aliphatic carbocycles. The predicted molar refractivity (Wildman–Crippen MR) is 59.0 cm³/mol. The molecule has 0 amide bonds. The standard InChI is InChI=1S/C11H12FN3O/c12-8-2-1-3-9-10(8)14-11(16-9)15-6-4-13-5-7-15/h1-3,13H,4-7H2. The highest BCUT2D eigenvalue weighted by Gasteiger charge is 2.17. The maximum Gasteiger partial charge on any atom is 0.298 e. The second-order valence-corrected chi connectivity index (χ2v) is 3.82. The molecule has 1 aliphatic heterocycles. The molecule has 0 spiro atoms. The fourth-order valence-electron chi connectivity index (χ4n) is 1.89. The van der Waals surface area contributed by atoms with Crippen LogP contribution in [0.5, 0.6) is 0 Å². The third kappa shape index (κ3) is 1.53. The van der Waals surface area contributed by atoms with Crippen molar-refractivity contribution in [2.24, 2.45) is 0 Å². The molecular formula is C11H12FN3O. The van der Waals surface area contributed by atoms with E-state index in [0.29, 0.717) is 17.1 Å². The summed E-state index contributed by atoms with van der Waals surface area (Å²) in [6, 6.07) is 5.27. The van der Waals surface area contributed by atoms with Crippen LogP contribution in [0.4, 0.5) is 10.4 Å². The Kier molecular flexibility index (Phi) is 2.25. The Morgan fingerprint density at radius 1 is 1.31 bits per heavy atom. The number of halogens is 1. The predicted octanol–water partition coefficient (Wildman–Crippen LogP) is 1.38. The molecule has 1 saturated heterocycles. The Bertz CT molecular complexity index is 505. The highest BCUT2D eigenvalue weighted by atomic mass is 19.1. The van der Waals surface area contributed by atoms with E-state index in [0.717, 1.165) is 26.2 Å². The SMILES string of the molecule is Fc1cccc2oc(N3CCNCC3)nc12. The Morgan fingerprint density at radius 3 is 2.88 bits per heavy atom. The van der Waals surface area contributed by atoms with E-state index in [2.05, 4.69) is 10.3 Å². The van der Waals surface area contributed by atoms with Crippen LogP contribution in [0, 0.1) is 5.82 Å². The number of aromatic nitrogens is 1. The van der Waals surface area contributed by atoms with Crippen molar-refractivity contribution >= 4 is 17.1 Å². The zero-order valence-electron chi connectivity index (χ0n) is 8.74. The van der Waals surface area contributed by atoms with Gasteiger partial charge < -0.3 is 14.6 Å². The molecule has 1 aromatic heterocycles. The fourth-order valence-corrected chi connectivity index (χ4v) is 1.89. The van der Waals surface area contributed by atoms with Crippen LogP contribution in [-0.4, -0.2) is 31.2 Å². The number of oxazole rings is 1. The van der Waals surface area contributed by atoms with Crippen molar-refractivity contribution in [1.82, 2.24) is 10.3 Å². The fraction of sp³-hybridized carbons (Fsp3) is 0.364. The summed E-state index contributed by atoms with van der Waals surface area (Å²) < 4.78 is 18.9. The average molecular weight is 221 g/mol. The van der Waals surface area contributed by atoms with Gasteiger partial charge in [0.2, 0.25) is 0 Å². The van der Waals surface area contributed by atoms with Crippen molar-refractivity contribution in [1.29, 1.82) is 0 Å². The van der Waals surface area contributed by atoms with Crippen molar-refractivity contribution in [2.45, 2.75) is 0 Å². The lowest BCUT2D eigenvalue weighted by molar-refractivity contribution is 0.517. The van der Waals surface area contributed by atoms with Gasteiger partial charge in [-0.1, -0.05) is 6.07 Å². The third-order valence-corrected chi connectivity index (χ3v) is 2.75. The third-order valence-electron chi connectivity index (χ3n) is 2.75. The van der Waals surface area contributed by atoms with Crippen molar-refractivity contribution in [3.05, 3.63) is 24.0 Å². The van der Waals surface area contributed by atoms with Crippen LogP contribution < -0.4 is 10.2 Å². The summed E-state index contributed by atoms with van der Waals surface area (Å²) in [6.07, 6.45) is 0. The quantitative estimate of drug-likeness (QED) is 0.789. The number of rotatable bonds is 1. The number of hydrogen-bond donors (Lipinski definition) is 1. The van der Waals surface area contributed by atoms with E-state index < -0.39 is 0 Å². The van der Waals surface area contributed by atoms with Crippen LogP contribution in [0.15, 0.2) is 22.6 Å². The number of para-hydroxylation sites is 1. The van der Waals surface area contributed by atoms with Crippen molar-refractivity contribution < 1.29 is 8.81 Å². The molecule has 2 aromatic rings. The molecule has 1 N–H and O–H groups in total. The van der Waals surface area contributed by atoms with Gasteiger partial charge in [0.15, 0.2) is 11.4 Å². The van der Waals surface area contributed by atoms with Gasteiger partial charge in [-0.25, -0.2) is 4.39 Å². The summed E-state index contributed by atoms with van der Waals surface area (Å²) in [5.74, 6) is -0.331. The number of benzene rings is 1. The van der Waals surface area contributed by atoms with Gasteiger partial charge in [0.1, 0.15) is 5.52 Å². The van der Waals surface area contributed by atoms with Crippen LogP contribution in [-0.2, 0) is 0 Å². The van der Waals surface area contributed by atoms with E-state index in [4.69, 9.17) is 4.42 Å². The lowest BCUT2D eigenvalue weighted by Crippen LogP contribution is -2.43. The molecule has 1 aromatic carbocycles. The number of nitrogens with zero attached hydrogens (tertiary/aromatic N) is 2. The minimum atomic E-state index is -0.331. The van der Waals surface area contributed by atoms with E-state index in [1.165, 1.54) is 6.07 Å². The second kappa shape index (κ2) is 3.75. The van der Waals surface area contributed by atoms with E-state index in [9.17, 15) is 4.39 Å². The molecule has 1 fully saturated rings. The molecule has 84 valence electrons. The van der Waals surface area contributed by atoms with Crippen molar-refractivity contribution in [2.75, 3.05) is 31.1 Å². The molecule has 3 rings (SSSR count). The molecule has 0 bridgehead atoms. The highest BCUT2D eigenvalue weighted by Crippen LogP contribution is 2.23. The first-order valence-corrected chi connectivity index (χ1v) is 5.35. The normalized spacial score (nSPS) is 16.9.